The number of carboxylic acids is 1. The summed E-state index contributed by atoms with van der Waals surface area (Å²) in [7, 11) is 0. The van der Waals surface area contributed by atoms with Gasteiger partial charge in [-0.2, -0.15) is 0 Å². The second-order valence-corrected chi connectivity index (χ2v) is 6.75. The number of aryl methyl sites for hydroxylation is 2. The zero-order valence-electron chi connectivity index (χ0n) is 14.6. The van der Waals surface area contributed by atoms with Gasteiger partial charge in [0.2, 0.25) is 0 Å². The minimum Gasteiger partial charge on any atom is -0.478 e. The van der Waals surface area contributed by atoms with Crippen LogP contribution >= 0.6 is 23.2 Å². The quantitative estimate of drug-likeness (QED) is 0.405. The average molecular weight is 422 g/mol. The van der Waals surface area contributed by atoms with E-state index < -0.39 is 10.9 Å². The number of halogens is 2. The number of benzene rings is 2. The predicted octanol–water partition coefficient (Wildman–Crippen LogP) is 5.62. The Morgan fingerprint density at radius 2 is 1.86 bits per heavy atom. The van der Waals surface area contributed by atoms with E-state index in [1.54, 1.807) is 26.0 Å². The summed E-state index contributed by atoms with van der Waals surface area (Å²) >= 11 is 12.7. The van der Waals surface area contributed by atoms with Crippen molar-refractivity contribution in [1.82, 2.24) is 5.16 Å². The number of hydrogen-bond acceptors (Lipinski definition) is 6. The summed E-state index contributed by atoms with van der Waals surface area (Å²) in [5.74, 6) is -0.723. The van der Waals surface area contributed by atoms with Crippen molar-refractivity contribution in [2.24, 2.45) is 0 Å². The SMILES string of the molecule is Cc1noc(C)c1-c1cc(Cl)c(Nc2ccc([N+](=O)[O-])cc2C(=O)O)c(Cl)c1. The van der Waals surface area contributed by atoms with E-state index in [1.807, 2.05) is 0 Å². The van der Waals surface area contributed by atoms with Crippen molar-refractivity contribution in [3.05, 3.63) is 67.5 Å². The third-order valence-corrected chi connectivity index (χ3v) is 4.66. The van der Waals surface area contributed by atoms with Crippen molar-refractivity contribution in [1.29, 1.82) is 0 Å². The van der Waals surface area contributed by atoms with E-state index in [2.05, 4.69) is 10.5 Å². The monoisotopic (exact) mass is 421 g/mol. The molecule has 0 spiro atoms. The highest BCUT2D eigenvalue weighted by Gasteiger charge is 2.19. The topological polar surface area (TPSA) is 119 Å². The number of nitro benzene ring substituents is 1. The van der Waals surface area contributed by atoms with Crippen LogP contribution in [0.4, 0.5) is 17.1 Å². The van der Waals surface area contributed by atoms with E-state index in [4.69, 9.17) is 27.7 Å². The van der Waals surface area contributed by atoms with E-state index in [-0.39, 0.29) is 32.7 Å². The molecule has 3 rings (SSSR count). The number of non-ortho nitro benzene ring substituents is 1. The van der Waals surface area contributed by atoms with Gasteiger partial charge >= 0.3 is 5.97 Å². The molecule has 0 radical (unpaired) electrons. The minimum absolute atomic E-state index is 0.118. The van der Waals surface area contributed by atoms with Crippen LogP contribution in [0.25, 0.3) is 11.1 Å². The van der Waals surface area contributed by atoms with Gasteiger partial charge in [-0.1, -0.05) is 28.4 Å². The summed E-state index contributed by atoms with van der Waals surface area (Å²) in [5, 5.41) is 27.5. The summed E-state index contributed by atoms with van der Waals surface area (Å²) in [5.41, 5.74) is 1.90. The molecule has 3 aromatic rings. The van der Waals surface area contributed by atoms with Gasteiger partial charge in [0.05, 0.1) is 37.6 Å². The molecule has 0 saturated carbocycles. The van der Waals surface area contributed by atoms with Crippen LogP contribution in [-0.4, -0.2) is 21.2 Å². The largest absolute Gasteiger partial charge is 0.478 e. The van der Waals surface area contributed by atoms with Gasteiger partial charge in [-0.25, -0.2) is 4.79 Å². The second-order valence-electron chi connectivity index (χ2n) is 5.93. The van der Waals surface area contributed by atoms with Crippen molar-refractivity contribution in [3.8, 4) is 11.1 Å². The molecule has 0 aliphatic carbocycles. The number of nitrogens with one attached hydrogen (secondary N) is 1. The number of anilines is 2. The van der Waals surface area contributed by atoms with Crippen LogP contribution in [0.2, 0.25) is 10.0 Å². The number of carbonyl (C=O) groups is 1. The summed E-state index contributed by atoms with van der Waals surface area (Å²) < 4.78 is 5.16. The Labute approximate surface area is 168 Å². The smallest absolute Gasteiger partial charge is 0.338 e. The fraction of sp³-hybridized carbons (Fsp3) is 0.111. The first-order chi connectivity index (χ1) is 13.2. The van der Waals surface area contributed by atoms with Crippen molar-refractivity contribution < 1.29 is 19.3 Å². The highest BCUT2D eigenvalue weighted by Crippen LogP contribution is 2.39. The van der Waals surface area contributed by atoms with Gasteiger partial charge < -0.3 is 14.9 Å². The molecule has 2 N–H and O–H groups in total. The lowest BCUT2D eigenvalue weighted by molar-refractivity contribution is -0.384. The van der Waals surface area contributed by atoms with Crippen LogP contribution in [0.1, 0.15) is 21.8 Å². The number of carboxylic acid groups (broad SMARTS) is 1. The molecule has 144 valence electrons. The predicted molar refractivity (Wildman–Crippen MR) is 105 cm³/mol. The Hall–Kier alpha value is -3.10. The van der Waals surface area contributed by atoms with Crippen molar-refractivity contribution in [2.75, 3.05) is 5.32 Å². The van der Waals surface area contributed by atoms with Gasteiger partial charge in [0.15, 0.2) is 0 Å². The fourth-order valence-corrected chi connectivity index (χ4v) is 3.38. The molecule has 28 heavy (non-hydrogen) atoms. The summed E-state index contributed by atoms with van der Waals surface area (Å²) in [6.07, 6.45) is 0. The fourth-order valence-electron chi connectivity index (χ4n) is 2.80. The lowest BCUT2D eigenvalue weighted by atomic mass is 10.0. The Kier molecular flexibility index (Phi) is 5.26. The maximum atomic E-state index is 11.5. The Morgan fingerprint density at radius 1 is 1.21 bits per heavy atom. The summed E-state index contributed by atoms with van der Waals surface area (Å²) in [4.78, 5) is 21.7. The zero-order valence-corrected chi connectivity index (χ0v) is 16.1. The van der Waals surface area contributed by atoms with Gasteiger partial charge in [-0.05, 0) is 37.6 Å². The third-order valence-electron chi connectivity index (χ3n) is 4.07. The molecule has 1 heterocycles. The van der Waals surface area contributed by atoms with Crippen LogP contribution in [0.3, 0.4) is 0 Å². The van der Waals surface area contributed by atoms with Crippen LogP contribution < -0.4 is 5.32 Å². The molecule has 0 unspecified atom stereocenters. The van der Waals surface area contributed by atoms with Crippen molar-refractivity contribution in [2.45, 2.75) is 13.8 Å². The lowest BCUT2D eigenvalue weighted by Crippen LogP contribution is -2.04. The summed E-state index contributed by atoms with van der Waals surface area (Å²) in [6.45, 7) is 3.55. The molecule has 0 aliphatic heterocycles. The van der Waals surface area contributed by atoms with E-state index in [1.165, 1.54) is 12.1 Å². The maximum Gasteiger partial charge on any atom is 0.338 e. The number of aromatic carboxylic acids is 1. The molecule has 0 atom stereocenters. The zero-order chi connectivity index (χ0) is 20.6. The Bertz CT molecular complexity index is 1070. The molecule has 2 aromatic carbocycles. The summed E-state index contributed by atoms with van der Waals surface area (Å²) in [6, 6.07) is 6.73. The van der Waals surface area contributed by atoms with Crippen molar-refractivity contribution >= 4 is 46.2 Å². The Balaban J connectivity index is 2.04. The first kappa shape index (κ1) is 19.7. The van der Waals surface area contributed by atoms with E-state index >= 15 is 0 Å². The van der Waals surface area contributed by atoms with E-state index in [0.29, 0.717) is 17.0 Å². The van der Waals surface area contributed by atoms with Crippen LogP contribution in [0.5, 0.6) is 0 Å². The molecule has 10 heteroatoms. The van der Waals surface area contributed by atoms with Gasteiger partial charge in [0, 0.05) is 17.7 Å². The lowest BCUT2D eigenvalue weighted by Gasteiger charge is -2.14. The molecule has 0 fully saturated rings. The van der Waals surface area contributed by atoms with Gasteiger partial charge in [-0.3, -0.25) is 10.1 Å². The standard InChI is InChI=1S/C18H13Cl2N3O5/c1-8-16(9(2)28-22-8)10-5-13(19)17(14(20)6-10)21-15-4-3-11(23(26)27)7-12(15)18(24)25/h3-7,21H,1-2H3,(H,24,25). The van der Waals surface area contributed by atoms with Gasteiger partial charge in [-0.15, -0.1) is 0 Å². The maximum absolute atomic E-state index is 11.5. The van der Waals surface area contributed by atoms with Crippen LogP contribution in [-0.2, 0) is 0 Å². The highest BCUT2D eigenvalue weighted by molar-refractivity contribution is 6.39. The number of hydrogen-bond donors (Lipinski definition) is 2. The molecular weight excluding hydrogens is 409 g/mol. The average Bonchev–Trinajstić information content (AvgIpc) is 2.96. The van der Waals surface area contributed by atoms with Crippen LogP contribution in [0, 0.1) is 24.0 Å². The molecule has 0 saturated heterocycles. The molecule has 8 nitrogen and oxygen atoms in total. The number of nitrogens with zero attached hydrogens (tertiary/aromatic N) is 2. The first-order valence-electron chi connectivity index (χ1n) is 7.90. The van der Waals surface area contributed by atoms with Gasteiger partial charge in [0.1, 0.15) is 5.76 Å². The molecular formula is C18H13Cl2N3O5. The van der Waals surface area contributed by atoms with E-state index in [0.717, 1.165) is 11.6 Å². The number of aromatic nitrogens is 1. The highest BCUT2D eigenvalue weighted by atomic mass is 35.5. The molecule has 0 amide bonds. The minimum atomic E-state index is -1.33. The second kappa shape index (κ2) is 7.49. The Morgan fingerprint density at radius 3 is 2.36 bits per heavy atom. The number of rotatable bonds is 5. The van der Waals surface area contributed by atoms with Crippen LogP contribution in [0.15, 0.2) is 34.9 Å². The van der Waals surface area contributed by atoms with Crippen molar-refractivity contribution in [3.63, 3.8) is 0 Å². The number of nitro groups is 1. The van der Waals surface area contributed by atoms with Gasteiger partial charge in [0.25, 0.3) is 5.69 Å². The molecule has 0 bridgehead atoms. The molecule has 1 aromatic heterocycles. The molecule has 0 aliphatic rings. The third kappa shape index (κ3) is 3.64. The van der Waals surface area contributed by atoms with E-state index in [9.17, 15) is 20.0 Å². The first-order valence-corrected chi connectivity index (χ1v) is 8.65. The normalized spacial score (nSPS) is 10.7.